The Morgan fingerprint density at radius 2 is 2.04 bits per heavy atom. The highest BCUT2D eigenvalue weighted by molar-refractivity contribution is 6.06. The van der Waals surface area contributed by atoms with E-state index in [1.165, 1.54) is 5.57 Å². The predicted molar refractivity (Wildman–Crippen MR) is 97.4 cm³/mol. The van der Waals surface area contributed by atoms with Gasteiger partial charge in [0.05, 0.1) is 0 Å². The molecule has 4 aliphatic carbocycles. The molecular formula is C22H28O4. The van der Waals surface area contributed by atoms with Crippen LogP contribution in [0.25, 0.3) is 0 Å². The van der Waals surface area contributed by atoms with Gasteiger partial charge in [0.15, 0.2) is 11.6 Å². The van der Waals surface area contributed by atoms with Gasteiger partial charge in [0, 0.05) is 30.3 Å². The molecule has 0 aromatic heterocycles. The van der Waals surface area contributed by atoms with Crippen molar-refractivity contribution in [3.8, 4) is 0 Å². The van der Waals surface area contributed by atoms with Crippen LogP contribution in [0.2, 0.25) is 0 Å². The minimum Gasteiger partial charge on any atom is -0.481 e. The Labute approximate surface area is 154 Å². The molecule has 4 aliphatic rings. The van der Waals surface area contributed by atoms with Crippen molar-refractivity contribution in [1.29, 1.82) is 0 Å². The molecule has 0 unspecified atom stereocenters. The van der Waals surface area contributed by atoms with E-state index in [0.29, 0.717) is 24.7 Å². The summed E-state index contributed by atoms with van der Waals surface area (Å²) in [6, 6.07) is 0. The minimum atomic E-state index is -0.717. The van der Waals surface area contributed by atoms with E-state index in [2.05, 4.69) is 19.9 Å². The smallest absolute Gasteiger partial charge is 0.303 e. The molecule has 4 heteroatoms. The average molecular weight is 356 g/mol. The van der Waals surface area contributed by atoms with Gasteiger partial charge in [-0.3, -0.25) is 14.4 Å². The summed E-state index contributed by atoms with van der Waals surface area (Å²) < 4.78 is 0. The molecule has 0 amide bonds. The largest absolute Gasteiger partial charge is 0.481 e. The van der Waals surface area contributed by atoms with Crippen LogP contribution in [0.5, 0.6) is 0 Å². The predicted octanol–water partition coefficient (Wildman–Crippen LogP) is 4.10. The Kier molecular flexibility index (Phi) is 4.01. The number of rotatable bonds is 3. The highest BCUT2D eigenvalue weighted by Crippen LogP contribution is 2.64. The molecule has 2 fully saturated rings. The molecule has 0 radical (unpaired) electrons. The van der Waals surface area contributed by atoms with E-state index < -0.39 is 5.97 Å². The van der Waals surface area contributed by atoms with E-state index >= 15 is 0 Å². The van der Waals surface area contributed by atoms with E-state index in [1.54, 1.807) is 6.08 Å². The first-order valence-electron chi connectivity index (χ1n) is 9.96. The first-order valence-corrected chi connectivity index (χ1v) is 9.96. The van der Waals surface area contributed by atoms with Gasteiger partial charge in [-0.15, -0.1) is 0 Å². The molecule has 0 saturated heterocycles. The van der Waals surface area contributed by atoms with E-state index in [4.69, 9.17) is 5.11 Å². The molecule has 0 heterocycles. The Morgan fingerprint density at radius 3 is 2.77 bits per heavy atom. The second-order valence-electron chi connectivity index (χ2n) is 9.27. The maximum Gasteiger partial charge on any atom is 0.303 e. The first-order chi connectivity index (χ1) is 12.3. The second-order valence-corrected chi connectivity index (χ2v) is 9.27. The molecule has 5 atom stereocenters. The lowest BCUT2D eigenvalue weighted by Crippen LogP contribution is -2.47. The Bertz CT molecular complexity index is 745. The van der Waals surface area contributed by atoms with Crippen molar-refractivity contribution in [2.45, 2.75) is 65.2 Å². The van der Waals surface area contributed by atoms with Gasteiger partial charge in [0.25, 0.3) is 0 Å². The number of ketones is 2. The van der Waals surface area contributed by atoms with Gasteiger partial charge in [-0.05, 0) is 61.3 Å². The summed E-state index contributed by atoms with van der Waals surface area (Å²) in [6.07, 6.45) is 9.87. The maximum atomic E-state index is 12.9. The molecule has 140 valence electrons. The highest BCUT2D eigenvalue weighted by Gasteiger charge is 2.57. The third-order valence-corrected chi connectivity index (χ3v) is 8.07. The zero-order chi connectivity index (χ0) is 18.7. The summed E-state index contributed by atoms with van der Waals surface area (Å²) in [5.74, 6) is 0.675. The number of carboxylic acid groups (broad SMARTS) is 1. The SMILES string of the molecule is C[C@]12CCC(=O)C=C1C(=O)C[C@@H]1C2=CC[C@]2(C)[C@@H](CCC(=O)O)CC[C@@H]12. The Balaban J connectivity index is 1.68. The van der Waals surface area contributed by atoms with Crippen LogP contribution in [0.3, 0.4) is 0 Å². The van der Waals surface area contributed by atoms with Gasteiger partial charge in [-0.2, -0.15) is 0 Å². The minimum absolute atomic E-state index is 0.0834. The van der Waals surface area contributed by atoms with E-state index in [1.807, 2.05) is 0 Å². The van der Waals surface area contributed by atoms with Gasteiger partial charge < -0.3 is 5.11 Å². The summed E-state index contributed by atoms with van der Waals surface area (Å²) in [7, 11) is 0. The van der Waals surface area contributed by atoms with E-state index in [0.717, 1.165) is 37.7 Å². The number of carboxylic acids is 1. The van der Waals surface area contributed by atoms with Crippen LogP contribution >= 0.6 is 0 Å². The number of fused-ring (bicyclic) bond motifs is 5. The molecular weight excluding hydrogens is 328 g/mol. The summed E-state index contributed by atoms with van der Waals surface area (Å²) in [4.78, 5) is 35.8. The van der Waals surface area contributed by atoms with Crippen LogP contribution < -0.4 is 0 Å². The number of hydrogen-bond acceptors (Lipinski definition) is 3. The maximum absolute atomic E-state index is 12.9. The zero-order valence-corrected chi connectivity index (χ0v) is 15.7. The van der Waals surface area contributed by atoms with Gasteiger partial charge >= 0.3 is 5.97 Å². The van der Waals surface area contributed by atoms with Crippen molar-refractivity contribution in [2.24, 2.45) is 28.6 Å². The molecule has 0 aromatic carbocycles. The molecule has 4 rings (SSSR count). The Hall–Kier alpha value is -1.71. The topological polar surface area (TPSA) is 71.4 Å². The monoisotopic (exact) mass is 356 g/mol. The van der Waals surface area contributed by atoms with Crippen LogP contribution in [0.15, 0.2) is 23.3 Å². The molecule has 1 N–H and O–H groups in total. The van der Waals surface area contributed by atoms with Crippen molar-refractivity contribution in [1.82, 2.24) is 0 Å². The van der Waals surface area contributed by atoms with Crippen LogP contribution in [-0.2, 0) is 14.4 Å². The molecule has 0 spiro atoms. The van der Waals surface area contributed by atoms with Gasteiger partial charge in [0.2, 0.25) is 0 Å². The van der Waals surface area contributed by atoms with Crippen LogP contribution in [-0.4, -0.2) is 22.6 Å². The van der Waals surface area contributed by atoms with Crippen LogP contribution in [0.4, 0.5) is 0 Å². The molecule has 2 saturated carbocycles. The second kappa shape index (κ2) is 5.90. The summed E-state index contributed by atoms with van der Waals surface area (Å²) in [6.45, 7) is 4.47. The first kappa shape index (κ1) is 17.7. The zero-order valence-electron chi connectivity index (χ0n) is 15.7. The lowest BCUT2D eigenvalue weighted by Gasteiger charge is -2.52. The molecule has 0 aliphatic heterocycles. The molecule has 4 nitrogen and oxygen atoms in total. The van der Waals surface area contributed by atoms with E-state index in [9.17, 15) is 14.4 Å². The lowest BCUT2D eigenvalue weighted by molar-refractivity contribution is -0.137. The third-order valence-electron chi connectivity index (χ3n) is 8.07. The van der Waals surface area contributed by atoms with Crippen molar-refractivity contribution in [3.05, 3.63) is 23.3 Å². The van der Waals surface area contributed by atoms with Crippen molar-refractivity contribution in [2.75, 3.05) is 0 Å². The Morgan fingerprint density at radius 1 is 1.27 bits per heavy atom. The fourth-order valence-electron chi connectivity index (χ4n) is 6.58. The van der Waals surface area contributed by atoms with Crippen LogP contribution in [0, 0.1) is 28.6 Å². The van der Waals surface area contributed by atoms with Gasteiger partial charge in [0.1, 0.15) is 0 Å². The number of carbonyl (C=O) groups is 3. The fraction of sp³-hybridized carbons (Fsp3) is 0.682. The number of aliphatic carboxylic acids is 1. The molecule has 0 aromatic rings. The fourth-order valence-corrected chi connectivity index (χ4v) is 6.58. The summed E-state index contributed by atoms with van der Waals surface area (Å²) in [5, 5.41) is 9.07. The van der Waals surface area contributed by atoms with Crippen molar-refractivity contribution >= 4 is 17.5 Å². The number of allylic oxidation sites excluding steroid dienone is 4. The van der Waals surface area contributed by atoms with Crippen LogP contribution in [0.1, 0.15) is 65.2 Å². The van der Waals surface area contributed by atoms with Crippen molar-refractivity contribution < 1.29 is 19.5 Å². The van der Waals surface area contributed by atoms with Gasteiger partial charge in [-0.25, -0.2) is 0 Å². The number of hydrogen-bond donors (Lipinski definition) is 1. The standard InChI is InChI=1S/C22H28O4/c1-21-10-8-17-15(16(21)5-3-13(21)4-6-20(25)26)12-19(24)18-11-14(23)7-9-22(17,18)2/h8,11,13,15-16H,3-7,9-10,12H2,1-2H3,(H,25,26)/t13-,15+,16+,21-,22-/m1/s1. The number of carbonyl (C=O) groups excluding carboxylic acids is 2. The summed E-state index contributed by atoms with van der Waals surface area (Å²) >= 11 is 0. The molecule has 0 bridgehead atoms. The molecule has 26 heavy (non-hydrogen) atoms. The van der Waals surface area contributed by atoms with E-state index in [-0.39, 0.29) is 34.7 Å². The quantitative estimate of drug-likeness (QED) is 0.773. The van der Waals surface area contributed by atoms with Crippen molar-refractivity contribution in [3.63, 3.8) is 0 Å². The van der Waals surface area contributed by atoms with Gasteiger partial charge in [-0.1, -0.05) is 25.5 Å². The summed E-state index contributed by atoms with van der Waals surface area (Å²) in [5.41, 5.74) is 1.96. The third kappa shape index (κ3) is 2.44. The number of Topliss-reactive ketones (excluding diaryl/α,β-unsaturated/α-hetero) is 1. The lowest BCUT2D eigenvalue weighted by atomic mass is 9.51. The normalized spacial score (nSPS) is 41.7. The average Bonchev–Trinajstić information content (AvgIpc) is 2.91. The highest BCUT2D eigenvalue weighted by atomic mass is 16.4.